The molecule has 2 aromatic carbocycles. The van der Waals surface area contributed by atoms with E-state index in [1.807, 2.05) is 44.2 Å². The van der Waals surface area contributed by atoms with Crippen molar-refractivity contribution in [2.24, 2.45) is 0 Å². The van der Waals surface area contributed by atoms with Crippen LogP contribution in [0.2, 0.25) is 0 Å². The van der Waals surface area contributed by atoms with Crippen LogP contribution in [0.5, 0.6) is 0 Å². The topological polar surface area (TPSA) is 59.5 Å². The molecular weight excluding hydrogens is 396 g/mol. The Hall–Kier alpha value is -2.15. The van der Waals surface area contributed by atoms with Gasteiger partial charge in [-0.3, -0.25) is 4.98 Å². The van der Waals surface area contributed by atoms with E-state index in [2.05, 4.69) is 9.88 Å². The minimum Gasteiger partial charge on any atom is -0.378 e. The number of hydrogen-bond acceptors (Lipinski definition) is 5. The molecule has 4 rings (SSSR count). The average Bonchev–Trinajstić information content (AvgIpc) is 2.69. The summed E-state index contributed by atoms with van der Waals surface area (Å²) in [6.07, 6.45) is 1.50. The highest BCUT2D eigenvalue weighted by Crippen LogP contribution is 2.36. The number of fused-ring (bicyclic) bond motifs is 1. The summed E-state index contributed by atoms with van der Waals surface area (Å²) in [5.74, 6) is 0. The number of pyridine rings is 1. The summed E-state index contributed by atoms with van der Waals surface area (Å²) in [4.78, 5) is 7.09. The third-order valence-electron chi connectivity index (χ3n) is 5.12. The van der Waals surface area contributed by atoms with E-state index < -0.39 is 9.84 Å². The minimum absolute atomic E-state index is 0. The maximum absolute atomic E-state index is 13.5. The summed E-state index contributed by atoms with van der Waals surface area (Å²) < 4.78 is 32.5. The highest BCUT2D eigenvalue weighted by Gasteiger charge is 2.27. The van der Waals surface area contributed by atoms with Crippen LogP contribution in [0, 0.1) is 13.8 Å². The van der Waals surface area contributed by atoms with Crippen molar-refractivity contribution in [3.63, 3.8) is 0 Å². The van der Waals surface area contributed by atoms with Crippen LogP contribution in [0.3, 0.4) is 0 Å². The van der Waals surface area contributed by atoms with Gasteiger partial charge in [0.2, 0.25) is 9.84 Å². The SMILES string of the molecule is Cc1ccc(S(=O)(=O)c2cnc3ccccc3c2N2CCOCC2)cc1C.Cl. The van der Waals surface area contributed by atoms with Crippen LogP contribution in [0.4, 0.5) is 5.69 Å². The van der Waals surface area contributed by atoms with Gasteiger partial charge in [0.1, 0.15) is 4.90 Å². The summed E-state index contributed by atoms with van der Waals surface area (Å²) in [5, 5.41) is 0.851. The third-order valence-corrected chi connectivity index (χ3v) is 6.87. The summed E-state index contributed by atoms with van der Waals surface area (Å²) in [6.45, 7) is 6.38. The van der Waals surface area contributed by atoms with E-state index in [-0.39, 0.29) is 17.3 Å². The molecule has 2 heterocycles. The van der Waals surface area contributed by atoms with Crippen molar-refractivity contribution in [3.8, 4) is 0 Å². The molecule has 3 aromatic rings. The Morgan fingerprint density at radius 1 is 1.00 bits per heavy atom. The van der Waals surface area contributed by atoms with Gasteiger partial charge in [-0.1, -0.05) is 24.3 Å². The van der Waals surface area contributed by atoms with E-state index in [1.165, 1.54) is 6.20 Å². The first-order valence-corrected chi connectivity index (χ1v) is 10.5. The van der Waals surface area contributed by atoms with E-state index in [0.717, 1.165) is 27.7 Å². The number of ether oxygens (including phenoxy) is 1. The largest absolute Gasteiger partial charge is 0.378 e. The van der Waals surface area contributed by atoms with Gasteiger partial charge >= 0.3 is 0 Å². The molecule has 0 amide bonds. The highest BCUT2D eigenvalue weighted by molar-refractivity contribution is 7.91. The quantitative estimate of drug-likeness (QED) is 0.644. The highest BCUT2D eigenvalue weighted by atomic mass is 35.5. The number of rotatable bonds is 3. The molecule has 7 heteroatoms. The van der Waals surface area contributed by atoms with Crippen LogP contribution in [0.1, 0.15) is 11.1 Å². The molecule has 0 saturated carbocycles. The maximum atomic E-state index is 13.5. The fourth-order valence-corrected chi connectivity index (χ4v) is 4.94. The fraction of sp³-hybridized carbons (Fsp3) is 0.286. The molecule has 0 bridgehead atoms. The lowest BCUT2D eigenvalue weighted by atomic mass is 10.1. The second-order valence-corrected chi connectivity index (χ2v) is 8.76. The summed E-state index contributed by atoms with van der Waals surface area (Å²) in [5.41, 5.74) is 3.54. The van der Waals surface area contributed by atoms with E-state index >= 15 is 0 Å². The molecular formula is C21H23ClN2O3S. The molecule has 0 aliphatic carbocycles. The molecule has 1 aliphatic rings. The smallest absolute Gasteiger partial charge is 0.210 e. The van der Waals surface area contributed by atoms with Crippen molar-refractivity contribution in [1.29, 1.82) is 0 Å². The monoisotopic (exact) mass is 418 g/mol. The molecule has 5 nitrogen and oxygen atoms in total. The van der Waals surface area contributed by atoms with Crippen LogP contribution in [-0.2, 0) is 14.6 Å². The van der Waals surface area contributed by atoms with Gasteiger partial charge in [0.15, 0.2) is 0 Å². The van der Waals surface area contributed by atoms with Gasteiger partial charge < -0.3 is 9.64 Å². The van der Waals surface area contributed by atoms with Gasteiger partial charge in [-0.2, -0.15) is 0 Å². The summed E-state index contributed by atoms with van der Waals surface area (Å²) >= 11 is 0. The van der Waals surface area contributed by atoms with Crippen molar-refractivity contribution in [2.75, 3.05) is 31.2 Å². The number of morpholine rings is 1. The number of aromatic nitrogens is 1. The zero-order valence-electron chi connectivity index (χ0n) is 15.9. The number of benzene rings is 2. The van der Waals surface area contributed by atoms with E-state index in [1.54, 1.807) is 12.1 Å². The second kappa shape index (κ2) is 8.07. The molecule has 1 fully saturated rings. The van der Waals surface area contributed by atoms with Crippen LogP contribution in [-0.4, -0.2) is 39.7 Å². The number of hydrogen-bond donors (Lipinski definition) is 0. The number of nitrogens with zero attached hydrogens (tertiary/aromatic N) is 2. The second-order valence-electron chi connectivity index (χ2n) is 6.84. The number of aryl methyl sites for hydroxylation is 2. The molecule has 1 saturated heterocycles. The lowest BCUT2D eigenvalue weighted by Crippen LogP contribution is -2.37. The maximum Gasteiger partial charge on any atom is 0.210 e. The molecule has 0 atom stereocenters. The Bertz CT molecular complexity index is 1110. The zero-order chi connectivity index (χ0) is 19.0. The number of para-hydroxylation sites is 1. The number of halogens is 1. The predicted molar refractivity (Wildman–Crippen MR) is 113 cm³/mol. The van der Waals surface area contributed by atoms with Gasteiger partial charge in [-0.15, -0.1) is 12.4 Å². The summed E-state index contributed by atoms with van der Waals surface area (Å²) in [6, 6.07) is 12.9. The van der Waals surface area contributed by atoms with Crippen LogP contribution >= 0.6 is 12.4 Å². The van der Waals surface area contributed by atoms with Crippen molar-refractivity contribution in [2.45, 2.75) is 23.6 Å². The van der Waals surface area contributed by atoms with E-state index in [0.29, 0.717) is 31.2 Å². The molecule has 1 aliphatic heterocycles. The van der Waals surface area contributed by atoms with Crippen molar-refractivity contribution >= 4 is 38.8 Å². The number of anilines is 1. The van der Waals surface area contributed by atoms with Crippen LogP contribution in [0.25, 0.3) is 10.9 Å². The van der Waals surface area contributed by atoms with Gasteiger partial charge in [0, 0.05) is 24.7 Å². The van der Waals surface area contributed by atoms with E-state index in [4.69, 9.17) is 4.74 Å². The molecule has 0 N–H and O–H groups in total. The lowest BCUT2D eigenvalue weighted by Gasteiger charge is -2.31. The predicted octanol–water partition coefficient (Wildman–Crippen LogP) is 3.94. The van der Waals surface area contributed by atoms with Gasteiger partial charge in [-0.25, -0.2) is 8.42 Å². The van der Waals surface area contributed by atoms with Crippen LogP contribution in [0.15, 0.2) is 58.5 Å². The normalized spacial score (nSPS) is 14.7. The fourth-order valence-electron chi connectivity index (χ4n) is 3.43. The molecule has 0 unspecified atom stereocenters. The van der Waals surface area contributed by atoms with Gasteiger partial charge in [-0.05, 0) is 43.2 Å². The van der Waals surface area contributed by atoms with Gasteiger partial charge in [0.25, 0.3) is 0 Å². The molecule has 0 radical (unpaired) electrons. The Balaban J connectivity index is 0.00000225. The third kappa shape index (κ3) is 3.60. The van der Waals surface area contributed by atoms with Gasteiger partial charge in [0.05, 0.1) is 29.3 Å². The Morgan fingerprint density at radius 3 is 2.43 bits per heavy atom. The first-order chi connectivity index (χ1) is 13.0. The van der Waals surface area contributed by atoms with E-state index in [9.17, 15) is 8.42 Å². The summed E-state index contributed by atoms with van der Waals surface area (Å²) in [7, 11) is -3.69. The Labute approximate surface area is 171 Å². The minimum atomic E-state index is -3.69. The number of sulfone groups is 1. The molecule has 1 aromatic heterocycles. The zero-order valence-corrected chi connectivity index (χ0v) is 17.5. The average molecular weight is 419 g/mol. The first-order valence-electron chi connectivity index (χ1n) is 9.01. The lowest BCUT2D eigenvalue weighted by molar-refractivity contribution is 0.122. The standard InChI is InChI=1S/C21H22N2O3S.ClH/c1-15-7-8-17(13-16(15)2)27(24,25)20-14-22-19-6-4-3-5-18(19)21(20)23-9-11-26-12-10-23;/h3-8,13-14H,9-12H2,1-2H3;1H. The Kier molecular flexibility index (Phi) is 5.93. The Morgan fingerprint density at radius 2 is 1.71 bits per heavy atom. The first kappa shape index (κ1) is 20.6. The van der Waals surface area contributed by atoms with Crippen molar-refractivity contribution < 1.29 is 13.2 Å². The van der Waals surface area contributed by atoms with Crippen LogP contribution < -0.4 is 4.90 Å². The molecule has 0 spiro atoms. The molecule has 148 valence electrons. The van der Waals surface area contributed by atoms with Crippen molar-refractivity contribution in [1.82, 2.24) is 4.98 Å². The van der Waals surface area contributed by atoms with Crippen molar-refractivity contribution in [3.05, 3.63) is 59.8 Å². The molecule has 28 heavy (non-hydrogen) atoms.